The molecule has 34 heavy (non-hydrogen) atoms. The number of carbonyl (C=O) groups excluding carboxylic acids is 2. The predicted octanol–water partition coefficient (Wildman–Crippen LogP) is 7.01. The van der Waals surface area contributed by atoms with Gasteiger partial charge in [0.25, 0.3) is 0 Å². The molecule has 0 aliphatic rings. The van der Waals surface area contributed by atoms with E-state index in [9.17, 15) is 9.59 Å². The van der Waals surface area contributed by atoms with Gasteiger partial charge in [0, 0.05) is 29.7 Å². The molecule has 4 aromatic rings. The van der Waals surface area contributed by atoms with Crippen molar-refractivity contribution in [3.05, 3.63) is 107 Å². The van der Waals surface area contributed by atoms with Crippen molar-refractivity contribution < 1.29 is 14.3 Å². The number of benzene rings is 3. The zero-order valence-corrected chi connectivity index (χ0v) is 19.9. The highest BCUT2D eigenvalue weighted by Gasteiger charge is 2.15. The molecule has 172 valence electrons. The molecule has 0 atom stereocenters. The van der Waals surface area contributed by atoms with Crippen LogP contribution in [0.1, 0.15) is 40.6 Å². The highest BCUT2D eigenvalue weighted by molar-refractivity contribution is 7.16. The SMILES string of the molecule is CCOc1ccc(C(=O)CCC(=O)Nc2cc(-c3ccccc3)c(Cc3ccccc3)s2)cc1. The highest BCUT2D eigenvalue weighted by atomic mass is 32.1. The Morgan fingerprint density at radius 3 is 2.21 bits per heavy atom. The minimum atomic E-state index is -0.161. The molecule has 1 amide bonds. The molecule has 0 fully saturated rings. The van der Waals surface area contributed by atoms with Crippen LogP contribution >= 0.6 is 11.3 Å². The molecule has 0 radical (unpaired) electrons. The second-order valence-electron chi connectivity index (χ2n) is 7.90. The average Bonchev–Trinajstić information content (AvgIpc) is 3.26. The highest BCUT2D eigenvalue weighted by Crippen LogP contribution is 2.36. The molecule has 0 spiro atoms. The van der Waals surface area contributed by atoms with Crippen LogP contribution in [-0.2, 0) is 11.2 Å². The molecule has 0 unspecified atom stereocenters. The van der Waals surface area contributed by atoms with Gasteiger partial charge in [-0.2, -0.15) is 0 Å². The van der Waals surface area contributed by atoms with Gasteiger partial charge in [-0.1, -0.05) is 60.7 Å². The van der Waals surface area contributed by atoms with Crippen molar-refractivity contribution in [2.24, 2.45) is 0 Å². The van der Waals surface area contributed by atoms with Crippen molar-refractivity contribution in [1.82, 2.24) is 0 Å². The second kappa shape index (κ2) is 11.4. The number of hydrogen-bond donors (Lipinski definition) is 1. The molecule has 1 heterocycles. The topological polar surface area (TPSA) is 55.4 Å². The van der Waals surface area contributed by atoms with E-state index in [-0.39, 0.29) is 24.5 Å². The lowest BCUT2D eigenvalue weighted by Gasteiger charge is -2.05. The fourth-order valence-electron chi connectivity index (χ4n) is 3.74. The molecule has 4 rings (SSSR count). The summed E-state index contributed by atoms with van der Waals surface area (Å²) in [6, 6.07) is 29.6. The van der Waals surface area contributed by atoms with Gasteiger partial charge in [-0.25, -0.2) is 0 Å². The summed E-state index contributed by atoms with van der Waals surface area (Å²) in [5.74, 6) is 0.514. The van der Waals surface area contributed by atoms with Crippen LogP contribution < -0.4 is 10.1 Å². The number of nitrogens with one attached hydrogen (secondary N) is 1. The summed E-state index contributed by atoms with van der Waals surface area (Å²) in [6.07, 6.45) is 1.09. The first-order valence-electron chi connectivity index (χ1n) is 11.4. The van der Waals surface area contributed by atoms with Gasteiger partial charge < -0.3 is 10.1 Å². The first kappa shape index (κ1) is 23.5. The normalized spacial score (nSPS) is 10.6. The van der Waals surface area contributed by atoms with Crippen molar-refractivity contribution in [1.29, 1.82) is 0 Å². The molecule has 5 heteroatoms. The smallest absolute Gasteiger partial charge is 0.225 e. The van der Waals surface area contributed by atoms with Crippen molar-refractivity contribution in [2.45, 2.75) is 26.2 Å². The van der Waals surface area contributed by atoms with E-state index in [4.69, 9.17) is 4.74 Å². The van der Waals surface area contributed by atoms with Gasteiger partial charge >= 0.3 is 0 Å². The third-order valence-electron chi connectivity index (χ3n) is 5.43. The monoisotopic (exact) mass is 469 g/mol. The summed E-state index contributed by atoms with van der Waals surface area (Å²) in [5, 5.41) is 3.79. The Kier molecular flexibility index (Phi) is 7.89. The molecular weight excluding hydrogens is 442 g/mol. The van der Waals surface area contributed by atoms with Crippen LogP contribution in [0.4, 0.5) is 5.00 Å². The van der Waals surface area contributed by atoms with Crippen LogP contribution in [-0.4, -0.2) is 18.3 Å². The fourth-order valence-corrected chi connectivity index (χ4v) is 4.87. The summed E-state index contributed by atoms with van der Waals surface area (Å²) < 4.78 is 5.41. The van der Waals surface area contributed by atoms with Gasteiger partial charge in [-0.05, 0) is 53.9 Å². The quantitative estimate of drug-likeness (QED) is 0.254. The standard InChI is InChI=1S/C29H27NO3S/c1-2-33-24-15-13-23(14-16-24)26(31)17-18-28(32)30-29-20-25(22-11-7-4-8-12-22)27(34-29)19-21-9-5-3-6-10-21/h3-16,20H,2,17-19H2,1H3,(H,30,32). The number of carbonyl (C=O) groups is 2. The first-order chi connectivity index (χ1) is 16.6. The van der Waals surface area contributed by atoms with Gasteiger partial charge in [0.1, 0.15) is 5.75 Å². The zero-order valence-electron chi connectivity index (χ0n) is 19.1. The fraction of sp³-hybridized carbons (Fsp3) is 0.172. The lowest BCUT2D eigenvalue weighted by atomic mass is 10.0. The summed E-state index contributed by atoms with van der Waals surface area (Å²) in [7, 11) is 0. The number of ketones is 1. The Balaban J connectivity index is 1.42. The van der Waals surface area contributed by atoms with E-state index in [1.165, 1.54) is 10.4 Å². The summed E-state index contributed by atoms with van der Waals surface area (Å²) in [4.78, 5) is 26.3. The van der Waals surface area contributed by atoms with E-state index in [1.807, 2.05) is 49.4 Å². The lowest BCUT2D eigenvalue weighted by molar-refractivity contribution is -0.116. The van der Waals surface area contributed by atoms with Gasteiger partial charge in [0.2, 0.25) is 5.91 Å². The number of anilines is 1. The van der Waals surface area contributed by atoms with Crippen molar-refractivity contribution in [3.8, 4) is 16.9 Å². The molecule has 0 aliphatic carbocycles. The zero-order chi connectivity index (χ0) is 23.8. The van der Waals surface area contributed by atoms with Crippen molar-refractivity contribution in [2.75, 3.05) is 11.9 Å². The Bertz CT molecular complexity index is 1230. The van der Waals surface area contributed by atoms with Crippen LogP contribution in [0.15, 0.2) is 91.0 Å². The number of hydrogen-bond acceptors (Lipinski definition) is 4. The first-order valence-corrected chi connectivity index (χ1v) is 12.2. The maximum atomic E-state index is 12.6. The van der Waals surface area contributed by atoms with Crippen molar-refractivity contribution >= 4 is 28.0 Å². The minimum Gasteiger partial charge on any atom is -0.494 e. The summed E-state index contributed by atoms with van der Waals surface area (Å²) >= 11 is 1.58. The van der Waals surface area contributed by atoms with E-state index < -0.39 is 0 Å². The Hall–Kier alpha value is -3.70. The Morgan fingerprint density at radius 2 is 1.53 bits per heavy atom. The van der Waals surface area contributed by atoms with E-state index in [1.54, 1.807) is 35.6 Å². The van der Waals surface area contributed by atoms with Crippen LogP contribution in [0.5, 0.6) is 5.75 Å². The van der Waals surface area contributed by atoms with Gasteiger partial charge in [-0.3, -0.25) is 9.59 Å². The maximum absolute atomic E-state index is 12.6. The second-order valence-corrected chi connectivity index (χ2v) is 9.04. The van der Waals surface area contributed by atoms with Gasteiger partial charge in [0.05, 0.1) is 11.6 Å². The number of thiophene rings is 1. The molecule has 1 N–H and O–H groups in total. The molecule has 0 saturated carbocycles. The van der Waals surface area contributed by atoms with Gasteiger partial charge in [-0.15, -0.1) is 11.3 Å². The largest absolute Gasteiger partial charge is 0.494 e. The average molecular weight is 470 g/mol. The molecule has 0 aliphatic heterocycles. The number of Topliss-reactive ketones (excluding diaryl/α,β-unsaturated/α-hetero) is 1. The van der Waals surface area contributed by atoms with E-state index in [0.29, 0.717) is 12.2 Å². The minimum absolute atomic E-state index is 0.0564. The molecule has 4 nitrogen and oxygen atoms in total. The van der Waals surface area contributed by atoms with E-state index in [2.05, 4.69) is 29.6 Å². The third kappa shape index (κ3) is 6.21. The third-order valence-corrected chi connectivity index (χ3v) is 6.48. The number of ether oxygens (including phenoxy) is 1. The summed E-state index contributed by atoms with van der Waals surface area (Å²) in [5.41, 5.74) is 4.05. The molecule has 0 saturated heterocycles. The van der Waals surface area contributed by atoms with Gasteiger partial charge in [0.15, 0.2) is 5.78 Å². The molecule has 0 bridgehead atoms. The van der Waals surface area contributed by atoms with Crippen LogP contribution in [0.3, 0.4) is 0 Å². The number of amides is 1. The van der Waals surface area contributed by atoms with Crippen molar-refractivity contribution in [3.63, 3.8) is 0 Å². The Morgan fingerprint density at radius 1 is 0.853 bits per heavy atom. The van der Waals surface area contributed by atoms with Crippen LogP contribution in [0, 0.1) is 0 Å². The van der Waals surface area contributed by atoms with E-state index >= 15 is 0 Å². The maximum Gasteiger partial charge on any atom is 0.225 e. The molecule has 3 aromatic carbocycles. The van der Waals surface area contributed by atoms with E-state index in [0.717, 1.165) is 28.3 Å². The van der Waals surface area contributed by atoms with Crippen LogP contribution in [0.2, 0.25) is 0 Å². The molecule has 1 aromatic heterocycles. The summed E-state index contributed by atoms with van der Waals surface area (Å²) in [6.45, 7) is 2.49. The predicted molar refractivity (Wildman–Crippen MR) is 139 cm³/mol. The lowest BCUT2D eigenvalue weighted by Crippen LogP contribution is -2.12. The van der Waals surface area contributed by atoms with Crippen LogP contribution in [0.25, 0.3) is 11.1 Å². The molecular formula is C29H27NO3S. The Labute approximate surface area is 204 Å². The number of rotatable bonds is 10.